The number of carbonyl (C=O) groups is 1. The fourth-order valence-corrected chi connectivity index (χ4v) is 4.94. The number of aryl methyl sites for hydroxylation is 1. The normalized spacial score (nSPS) is 11.3. The van der Waals surface area contributed by atoms with Crippen molar-refractivity contribution >= 4 is 16.1 Å². The van der Waals surface area contributed by atoms with Crippen molar-refractivity contribution in [2.75, 3.05) is 6.54 Å². The van der Waals surface area contributed by atoms with Gasteiger partial charge in [0.1, 0.15) is 16.5 Å². The predicted octanol–water partition coefficient (Wildman–Crippen LogP) is 4.66. The second kappa shape index (κ2) is 10.3. The van der Waals surface area contributed by atoms with Crippen molar-refractivity contribution in [3.05, 3.63) is 101 Å². The molecule has 0 unspecified atom stereocenters. The number of sulfonamides is 1. The third-order valence-electron chi connectivity index (χ3n) is 5.64. The number of aromatic nitrogens is 2. The Bertz CT molecular complexity index is 1500. The predicted molar refractivity (Wildman–Crippen MR) is 132 cm³/mol. The molecule has 10 heteroatoms. The van der Waals surface area contributed by atoms with E-state index in [-0.39, 0.29) is 6.54 Å². The van der Waals surface area contributed by atoms with E-state index in [0.29, 0.717) is 12.5 Å². The van der Waals surface area contributed by atoms with E-state index >= 15 is 0 Å². The van der Waals surface area contributed by atoms with Gasteiger partial charge in [0.05, 0.1) is 11.4 Å². The Kier molecular flexibility index (Phi) is 7.16. The monoisotopic (exact) mass is 510 g/mol. The molecule has 0 radical (unpaired) electrons. The van der Waals surface area contributed by atoms with E-state index in [2.05, 4.69) is 22.5 Å². The molecule has 4 rings (SSSR count). The highest BCUT2D eigenvalue weighted by atomic mass is 32.2. The van der Waals surface area contributed by atoms with Gasteiger partial charge in [-0.2, -0.15) is 5.10 Å². The van der Waals surface area contributed by atoms with Crippen LogP contribution in [0.4, 0.5) is 13.6 Å². The molecule has 7 nitrogen and oxygen atoms in total. The van der Waals surface area contributed by atoms with Crippen molar-refractivity contribution in [2.45, 2.75) is 25.2 Å². The molecule has 2 amide bonds. The molecule has 0 bridgehead atoms. The molecule has 0 saturated carbocycles. The van der Waals surface area contributed by atoms with Gasteiger partial charge in [0.15, 0.2) is 0 Å². The number of halogens is 2. The van der Waals surface area contributed by atoms with E-state index in [9.17, 15) is 22.0 Å². The van der Waals surface area contributed by atoms with Gasteiger partial charge in [-0.3, -0.25) is 0 Å². The van der Waals surface area contributed by atoms with Gasteiger partial charge < -0.3 is 5.32 Å². The number of nitrogens with one attached hydrogen (secondary N) is 2. The zero-order chi connectivity index (χ0) is 25.9. The lowest BCUT2D eigenvalue weighted by molar-refractivity contribution is 0.246. The van der Waals surface area contributed by atoms with Crippen molar-refractivity contribution in [3.63, 3.8) is 0 Å². The van der Waals surface area contributed by atoms with E-state index in [1.165, 1.54) is 0 Å². The lowest BCUT2D eigenvalue weighted by Crippen LogP contribution is -2.40. The third kappa shape index (κ3) is 5.44. The van der Waals surface area contributed by atoms with Crippen LogP contribution < -0.4 is 10.0 Å². The molecule has 186 valence electrons. The number of hydrogen-bond donors (Lipinski definition) is 2. The van der Waals surface area contributed by atoms with Gasteiger partial charge >= 0.3 is 6.03 Å². The molecule has 0 saturated heterocycles. The Hall–Kier alpha value is -4.05. The zero-order valence-corrected chi connectivity index (χ0v) is 20.4. The number of nitrogens with zero attached hydrogens (tertiary/aromatic N) is 2. The van der Waals surface area contributed by atoms with Crippen molar-refractivity contribution in [1.82, 2.24) is 19.8 Å². The van der Waals surface area contributed by atoms with Crippen LogP contribution in [0.25, 0.3) is 16.8 Å². The minimum atomic E-state index is -4.48. The molecule has 1 aromatic heterocycles. The molecule has 0 fully saturated rings. The molecule has 3 aromatic carbocycles. The van der Waals surface area contributed by atoms with Gasteiger partial charge in [-0.05, 0) is 55.7 Å². The van der Waals surface area contributed by atoms with Crippen molar-refractivity contribution in [3.8, 4) is 16.8 Å². The minimum absolute atomic E-state index is 0.144. The standard InChI is InChI=1S/C26H24F2N4O3S/c1-17-25(20-6-4-3-5-7-20)18(2)32(30-17)22-11-8-19(9-12-22)14-15-29-26(33)31-36(34,35)24-13-10-21(27)16-23(24)28/h3-13,16H,14-15H2,1-2H3,(H2,29,31,33). The van der Waals surface area contributed by atoms with Crippen molar-refractivity contribution in [1.29, 1.82) is 0 Å². The highest BCUT2D eigenvalue weighted by Crippen LogP contribution is 2.28. The van der Waals surface area contributed by atoms with E-state index < -0.39 is 32.6 Å². The van der Waals surface area contributed by atoms with Crippen molar-refractivity contribution < 1.29 is 22.0 Å². The van der Waals surface area contributed by atoms with Crippen LogP contribution in [0.15, 0.2) is 77.7 Å². The fraction of sp³-hybridized carbons (Fsp3) is 0.154. The Balaban J connectivity index is 1.36. The molecule has 36 heavy (non-hydrogen) atoms. The van der Waals surface area contributed by atoms with Gasteiger partial charge in [-0.1, -0.05) is 42.5 Å². The van der Waals surface area contributed by atoms with E-state index in [1.807, 2.05) is 61.0 Å². The van der Waals surface area contributed by atoms with Gasteiger partial charge in [-0.15, -0.1) is 0 Å². The lowest BCUT2D eigenvalue weighted by Gasteiger charge is -2.10. The highest BCUT2D eigenvalue weighted by molar-refractivity contribution is 7.90. The van der Waals surface area contributed by atoms with E-state index in [4.69, 9.17) is 0 Å². The van der Waals surface area contributed by atoms with Gasteiger partial charge in [-0.25, -0.2) is 31.4 Å². The SMILES string of the molecule is Cc1nn(-c2ccc(CCNC(=O)NS(=O)(=O)c3ccc(F)cc3F)cc2)c(C)c1-c1ccccc1. The van der Waals surface area contributed by atoms with Crippen molar-refractivity contribution in [2.24, 2.45) is 0 Å². The van der Waals surface area contributed by atoms with Crippen LogP contribution in [-0.4, -0.2) is 30.8 Å². The summed E-state index contributed by atoms with van der Waals surface area (Å²) in [5.74, 6) is -2.20. The number of hydrogen-bond acceptors (Lipinski definition) is 4. The summed E-state index contributed by atoms with van der Waals surface area (Å²) in [6, 6.07) is 18.7. The first-order valence-corrected chi connectivity index (χ1v) is 12.6. The largest absolute Gasteiger partial charge is 0.337 e. The first-order chi connectivity index (χ1) is 17.2. The molecule has 1 heterocycles. The summed E-state index contributed by atoms with van der Waals surface area (Å²) in [6.45, 7) is 4.14. The summed E-state index contributed by atoms with van der Waals surface area (Å²) in [5, 5.41) is 7.12. The fourth-order valence-electron chi connectivity index (χ4n) is 3.95. The lowest BCUT2D eigenvalue weighted by atomic mass is 10.0. The molecular formula is C26H24F2N4O3S. The molecule has 0 aliphatic rings. The van der Waals surface area contributed by atoms with Gasteiger partial charge in [0.25, 0.3) is 10.0 Å². The van der Waals surface area contributed by atoms with E-state index in [1.54, 1.807) is 4.72 Å². The van der Waals surface area contributed by atoms with Gasteiger partial charge in [0, 0.05) is 23.9 Å². The van der Waals surface area contributed by atoms with Crippen LogP contribution in [0.5, 0.6) is 0 Å². The molecule has 0 aliphatic carbocycles. The summed E-state index contributed by atoms with van der Waals surface area (Å²) >= 11 is 0. The molecule has 0 aliphatic heterocycles. The second-order valence-electron chi connectivity index (χ2n) is 8.18. The maximum absolute atomic E-state index is 13.8. The number of carbonyl (C=O) groups excluding carboxylic acids is 1. The summed E-state index contributed by atoms with van der Waals surface area (Å²) in [6.07, 6.45) is 0.436. The Labute approximate surface area is 207 Å². The molecule has 0 atom stereocenters. The smallest absolute Gasteiger partial charge is 0.328 e. The summed E-state index contributed by atoms with van der Waals surface area (Å²) in [4.78, 5) is 11.2. The second-order valence-corrected chi connectivity index (χ2v) is 9.83. The number of rotatable bonds is 7. The van der Waals surface area contributed by atoms with Gasteiger partial charge in [0.2, 0.25) is 0 Å². The third-order valence-corrected chi connectivity index (χ3v) is 7.01. The Morgan fingerprint density at radius 2 is 1.67 bits per heavy atom. The molecule has 4 aromatic rings. The Morgan fingerprint density at radius 1 is 0.972 bits per heavy atom. The number of urea groups is 1. The molecule has 2 N–H and O–H groups in total. The topological polar surface area (TPSA) is 93.1 Å². The van der Waals surface area contributed by atoms with Crippen LogP contribution in [0.3, 0.4) is 0 Å². The zero-order valence-electron chi connectivity index (χ0n) is 19.6. The number of benzene rings is 3. The average Bonchev–Trinajstić information content (AvgIpc) is 3.13. The van der Waals surface area contributed by atoms with Crippen LogP contribution in [0.2, 0.25) is 0 Å². The number of amides is 2. The minimum Gasteiger partial charge on any atom is -0.337 e. The molecular weight excluding hydrogens is 486 g/mol. The quantitative estimate of drug-likeness (QED) is 0.378. The van der Waals surface area contributed by atoms with Crippen LogP contribution >= 0.6 is 0 Å². The Morgan fingerprint density at radius 3 is 2.33 bits per heavy atom. The molecule has 0 spiro atoms. The first-order valence-electron chi connectivity index (χ1n) is 11.1. The maximum atomic E-state index is 13.8. The summed E-state index contributed by atoms with van der Waals surface area (Å²) < 4.78 is 54.7. The summed E-state index contributed by atoms with van der Waals surface area (Å²) in [7, 11) is -4.48. The van der Waals surface area contributed by atoms with E-state index in [0.717, 1.165) is 45.9 Å². The van der Waals surface area contributed by atoms with Crippen LogP contribution in [-0.2, 0) is 16.4 Å². The first kappa shape index (κ1) is 25.1. The highest BCUT2D eigenvalue weighted by Gasteiger charge is 2.22. The average molecular weight is 511 g/mol. The van der Waals surface area contributed by atoms with Crippen LogP contribution in [0.1, 0.15) is 17.0 Å². The van der Waals surface area contributed by atoms with Crippen LogP contribution in [0, 0.1) is 25.5 Å². The maximum Gasteiger partial charge on any atom is 0.328 e. The summed E-state index contributed by atoms with van der Waals surface area (Å²) in [5.41, 5.74) is 5.93.